The van der Waals surface area contributed by atoms with Gasteiger partial charge in [0, 0.05) is 19.6 Å². The van der Waals surface area contributed by atoms with Crippen LogP contribution in [0.1, 0.15) is 6.42 Å². The van der Waals surface area contributed by atoms with E-state index in [2.05, 4.69) is 5.43 Å². The Bertz CT molecular complexity index is 738. The maximum absolute atomic E-state index is 10.9. The maximum Gasteiger partial charge on any atom is 0.188 e. The molecule has 3 fully saturated rings. The SMILES string of the molecule is CN(O)NCO[C@@H]1O[C@H](CO[C@@H]2C[C@H](CO)[C@@H](O)[C@H](O[C@@H]3O[C@H](CO)[C@@H](O)[C@H](O)[C@H]3O)[C@H]2O)[C@@H](O)[C@H](O)[C@H]1O. The lowest BCUT2D eigenvalue weighted by molar-refractivity contribution is -0.336. The van der Waals surface area contributed by atoms with E-state index in [1.807, 2.05) is 0 Å². The number of aliphatic hydroxyl groups excluding tert-OH is 10. The first-order valence-corrected chi connectivity index (χ1v) is 12.4. The van der Waals surface area contributed by atoms with Crippen LogP contribution in [0.4, 0.5) is 0 Å². The highest BCUT2D eigenvalue weighted by Gasteiger charge is 2.51. The molecule has 230 valence electrons. The third-order valence-corrected chi connectivity index (χ3v) is 7.13. The Hall–Kier alpha value is -0.720. The summed E-state index contributed by atoms with van der Waals surface area (Å²) in [7, 11) is 1.26. The molecule has 2 aliphatic heterocycles. The quantitative estimate of drug-likeness (QED) is 0.0803. The lowest BCUT2D eigenvalue weighted by atomic mass is 9.81. The van der Waals surface area contributed by atoms with Gasteiger partial charge in [-0.25, -0.2) is 5.43 Å². The molecular formula is C21H40N2O16. The van der Waals surface area contributed by atoms with Crippen molar-refractivity contribution < 1.29 is 80.0 Å². The van der Waals surface area contributed by atoms with Gasteiger partial charge in [0.2, 0.25) is 0 Å². The van der Waals surface area contributed by atoms with Crippen molar-refractivity contribution >= 4 is 0 Å². The fourth-order valence-corrected chi connectivity index (χ4v) is 4.73. The molecule has 0 radical (unpaired) electrons. The van der Waals surface area contributed by atoms with Crippen LogP contribution < -0.4 is 5.43 Å². The first-order valence-electron chi connectivity index (χ1n) is 12.4. The van der Waals surface area contributed by atoms with Crippen LogP contribution in [0.3, 0.4) is 0 Å². The van der Waals surface area contributed by atoms with E-state index in [9.17, 15) is 51.1 Å². The van der Waals surface area contributed by atoms with Gasteiger partial charge in [-0.3, -0.25) is 5.21 Å². The Morgan fingerprint density at radius 2 is 1.31 bits per heavy atom. The summed E-state index contributed by atoms with van der Waals surface area (Å²) in [6.07, 6.45) is -21.8. The van der Waals surface area contributed by atoms with Gasteiger partial charge in [-0.2, -0.15) is 0 Å². The molecule has 0 aromatic heterocycles. The van der Waals surface area contributed by atoms with Gasteiger partial charge in [0.1, 0.15) is 67.8 Å². The molecule has 1 aliphatic carbocycles. The van der Waals surface area contributed by atoms with Crippen molar-refractivity contribution in [3.63, 3.8) is 0 Å². The summed E-state index contributed by atoms with van der Waals surface area (Å²) < 4.78 is 27.3. The molecule has 39 heavy (non-hydrogen) atoms. The van der Waals surface area contributed by atoms with E-state index < -0.39 is 112 Å². The van der Waals surface area contributed by atoms with Gasteiger partial charge in [0.15, 0.2) is 12.6 Å². The second-order valence-corrected chi connectivity index (χ2v) is 9.84. The molecule has 3 rings (SSSR count). The molecule has 0 aromatic rings. The van der Waals surface area contributed by atoms with Crippen molar-refractivity contribution in [2.24, 2.45) is 5.92 Å². The summed E-state index contributed by atoms with van der Waals surface area (Å²) in [4.78, 5) is 0. The van der Waals surface area contributed by atoms with Crippen LogP contribution in [-0.4, -0.2) is 181 Å². The number of nitrogens with one attached hydrogen (secondary N) is 1. The Balaban J connectivity index is 1.66. The lowest BCUT2D eigenvalue weighted by Crippen LogP contribution is -2.63. The number of hydrogen-bond acceptors (Lipinski definition) is 18. The molecule has 0 unspecified atom stereocenters. The van der Waals surface area contributed by atoms with E-state index in [1.165, 1.54) is 7.05 Å². The fraction of sp³-hybridized carbons (Fsp3) is 1.00. The van der Waals surface area contributed by atoms with Crippen LogP contribution in [0, 0.1) is 5.92 Å². The second kappa shape index (κ2) is 14.4. The summed E-state index contributed by atoms with van der Waals surface area (Å²) in [5.41, 5.74) is 2.35. The van der Waals surface area contributed by atoms with E-state index >= 15 is 0 Å². The average molecular weight is 577 g/mol. The van der Waals surface area contributed by atoms with Crippen LogP contribution in [0.25, 0.3) is 0 Å². The minimum absolute atomic E-state index is 0.0892. The number of rotatable bonds is 11. The van der Waals surface area contributed by atoms with Gasteiger partial charge in [-0.05, 0) is 6.42 Å². The zero-order chi connectivity index (χ0) is 29.0. The minimum Gasteiger partial charge on any atom is -0.396 e. The fourth-order valence-electron chi connectivity index (χ4n) is 4.73. The molecule has 2 heterocycles. The number of hydroxylamine groups is 1. The van der Waals surface area contributed by atoms with Gasteiger partial charge in [-0.1, -0.05) is 0 Å². The first-order chi connectivity index (χ1) is 18.4. The Morgan fingerprint density at radius 1 is 0.718 bits per heavy atom. The van der Waals surface area contributed by atoms with E-state index in [-0.39, 0.29) is 13.2 Å². The predicted octanol–water partition coefficient (Wildman–Crippen LogP) is -7.10. The Kier molecular flexibility index (Phi) is 12.1. The zero-order valence-electron chi connectivity index (χ0n) is 21.1. The summed E-state index contributed by atoms with van der Waals surface area (Å²) in [6, 6.07) is 0. The number of hydrazine groups is 1. The molecule has 0 amide bonds. The summed E-state index contributed by atoms with van der Waals surface area (Å²) in [6.45, 7) is -2.08. The minimum atomic E-state index is -1.81. The normalized spacial score (nSPS) is 47.5. The largest absolute Gasteiger partial charge is 0.396 e. The molecule has 0 bridgehead atoms. The molecule has 0 aromatic carbocycles. The summed E-state index contributed by atoms with van der Waals surface area (Å²) in [5.74, 6) is -0.893. The Morgan fingerprint density at radius 3 is 1.90 bits per heavy atom. The third kappa shape index (κ3) is 7.57. The first kappa shape index (κ1) is 32.8. The zero-order valence-corrected chi connectivity index (χ0v) is 21.1. The molecule has 3 aliphatic rings. The van der Waals surface area contributed by atoms with Gasteiger partial charge >= 0.3 is 0 Å². The van der Waals surface area contributed by atoms with Crippen molar-refractivity contribution in [2.45, 2.75) is 92.2 Å². The van der Waals surface area contributed by atoms with Crippen molar-refractivity contribution in [3.8, 4) is 0 Å². The number of nitrogens with zero attached hydrogens (tertiary/aromatic N) is 1. The molecule has 15 atom stereocenters. The molecule has 0 spiro atoms. The van der Waals surface area contributed by atoms with E-state index in [4.69, 9.17) is 28.9 Å². The molecule has 18 heteroatoms. The van der Waals surface area contributed by atoms with Crippen LogP contribution >= 0.6 is 0 Å². The van der Waals surface area contributed by atoms with E-state index in [0.29, 0.717) is 5.17 Å². The molecule has 1 saturated carbocycles. The molecule has 2 saturated heterocycles. The van der Waals surface area contributed by atoms with Gasteiger partial charge in [0.05, 0.1) is 25.4 Å². The number of ether oxygens (including phenoxy) is 5. The highest BCUT2D eigenvalue weighted by atomic mass is 16.7. The summed E-state index contributed by atoms with van der Waals surface area (Å²) in [5, 5.41) is 111. The standard InChI is InChI=1S/C21H40N2O16/c1-23(34)22-6-36-20-17(32)16(31)13(28)10(38-20)5-35-8-2-7(3-24)11(26)19(14(8)29)39-21-18(33)15(30)12(27)9(4-25)37-21/h7-22,24-34H,2-6H2,1H3/t7-,8-,9-,10-,11-,12-,13-,14+,15+,16+,17-,18-,19+,20-,21+/m1/s1. The maximum atomic E-state index is 10.9. The summed E-state index contributed by atoms with van der Waals surface area (Å²) >= 11 is 0. The highest BCUT2D eigenvalue weighted by Crippen LogP contribution is 2.33. The Labute approximate surface area is 223 Å². The third-order valence-electron chi connectivity index (χ3n) is 7.13. The predicted molar refractivity (Wildman–Crippen MR) is 121 cm³/mol. The van der Waals surface area contributed by atoms with Crippen molar-refractivity contribution in [1.82, 2.24) is 10.6 Å². The van der Waals surface area contributed by atoms with Gasteiger partial charge in [0.25, 0.3) is 0 Å². The lowest BCUT2D eigenvalue weighted by Gasteiger charge is -2.46. The topological polar surface area (TPSA) is 284 Å². The van der Waals surface area contributed by atoms with Crippen molar-refractivity contribution in [2.75, 3.05) is 33.6 Å². The van der Waals surface area contributed by atoms with E-state index in [1.54, 1.807) is 0 Å². The number of aliphatic hydroxyl groups is 10. The second-order valence-electron chi connectivity index (χ2n) is 9.84. The van der Waals surface area contributed by atoms with Gasteiger partial charge < -0.3 is 74.7 Å². The average Bonchev–Trinajstić information content (AvgIpc) is 2.90. The van der Waals surface area contributed by atoms with E-state index in [0.717, 1.165) is 0 Å². The molecule has 18 nitrogen and oxygen atoms in total. The molecule has 12 N–H and O–H groups in total. The number of hydrogen-bond donors (Lipinski definition) is 12. The van der Waals surface area contributed by atoms with Crippen molar-refractivity contribution in [3.05, 3.63) is 0 Å². The highest BCUT2D eigenvalue weighted by molar-refractivity contribution is 4.97. The smallest absolute Gasteiger partial charge is 0.188 e. The van der Waals surface area contributed by atoms with Crippen LogP contribution in [0.5, 0.6) is 0 Å². The monoisotopic (exact) mass is 576 g/mol. The van der Waals surface area contributed by atoms with Crippen LogP contribution in [0.15, 0.2) is 0 Å². The van der Waals surface area contributed by atoms with Crippen molar-refractivity contribution in [1.29, 1.82) is 0 Å². The molecular weight excluding hydrogens is 536 g/mol. The van der Waals surface area contributed by atoms with Gasteiger partial charge in [-0.15, -0.1) is 5.17 Å². The van der Waals surface area contributed by atoms with Crippen LogP contribution in [-0.2, 0) is 23.7 Å². The van der Waals surface area contributed by atoms with Crippen LogP contribution in [0.2, 0.25) is 0 Å².